The maximum Gasteiger partial charge on any atom is 0.231 e. The first-order chi connectivity index (χ1) is 6.77. The van der Waals surface area contributed by atoms with Gasteiger partial charge in [-0.1, -0.05) is 0 Å². The number of hydrogen-bond donors (Lipinski definition) is 0. The third kappa shape index (κ3) is 1.11. The largest absolute Gasteiger partial charge is 0.496 e. The summed E-state index contributed by atoms with van der Waals surface area (Å²) in [5.41, 5.74) is 1.28. The van der Waals surface area contributed by atoms with Crippen LogP contribution in [0.1, 0.15) is 15.9 Å². The minimum atomic E-state index is 0.196. The molecule has 1 heterocycles. The van der Waals surface area contributed by atoms with E-state index in [2.05, 4.69) is 0 Å². The Hall–Kier alpha value is -1.71. The van der Waals surface area contributed by atoms with Gasteiger partial charge >= 0.3 is 0 Å². The molecule has 0 unspecified atom stereocenters. The van der Waals surface area contributed by atoms with Gasteiger partial charge in [-0.05, 0) is 13.0 Å². The zero-order valence-corrected chi connectivity index (χ0v) is 7.99. The summed E-state index contributed by atoms with van der Waals surface area (Å²) >= 11 is 0. The van der Waals surface area contributed by atoms with Crippen LogP contribution in [-0.4, -0.2) is 20.2 Å². The van der Waals surface area contributed by atoms with Crippen LogP contribution >= 0.6 is 0 Å². The number of carbonyl (C=O) groups excluding carboxylic acids is 1. The second-order valence-electron chi connectivity index (χ2n) is 2.98. The molecule has 1 aromatic rings. The molecule has 4 heteroatoms. The summed E-state index contributed by atoms with van der Waals surface area (Å²) in [6.07, 6.45) is 0.744. The molecule has 0 radical (unpaired) electrons. The monoisotopic (exact) mass is 194 g/mol. The van der Waals surface area contributed by atoms with Gasteiger partial charge in [0.2, 0.25) is 6.79 Å². The van der Waals surface area contributed by atoms with Crippen molar-refractivity contribution in [1.82, 2.24) is 0 Å². The van der Waals surface area contributed by atoms with Gasteiger partial charge in [0, 0.05) is 5.56 Å². The summed E-state index contributed by atoms with van der Waals surface area (Å²) in [5.74, 6) is 1.81. The molecule has 0 aliphatic carbocycles. The van der Waals surface area contributed by atoms with Gasteiger partial charge in [-0.2, -0.15) is 0 Å². The molecule has 74 valence electrons. The molecule has 0 spiro atoms. The molecule has 1 aromatic carbocycles. The van der Waals surface area contributed by atoms with Crippen molar-refractivity contribution in [3.05, 3.63) is 17.2 Å². The van der Waals surface area contributed by atoms with Crippen molar-refractivity contribution in [3.8, 4) is 17.2 Å². The molecule has 0 saturated heterocycles. The molecule has 0 bridgehead atoms. The first-order valence-electron chi connectivity index (χ1n) is 4.20. The van der Waals surface area contributed by atoms with Gasteiger partial charge in [0.1, 0.15) is 5.75 Å². The van der Waals surface area contributed by atoms with E-state index in [1.54, 1.807) is 6.07 Å². The molecule has 0 fully saturated rings. The second kappa shape index (κ2) is 3.21. The first kappa shape index (κ1) is 8.87. The fourth-order valence-corrected chi connectivity index (χ4v) is 1.57. The van der Waals surface area contributed by atoms with Crippen molar-refractivity contribution in [1.29, 1.82) is 0 Å². The second-order valence-corrected chi connectivity index (χ2v) is 2.98. The Bertz CT molecular complexity index is 384. The third-order valence-electron chi connectivity index (χ3n) is 2.20. The quantitative estimate of drug-likeness (QED) is 0.670. The number of fused-ring (bicyclic) bond motifs is 1. The Morgan fingerprint density at radius 3 is 2.93 bits per heavy atom. The molecule has 0 N–H and O–H groups in total. The number of hydrogen-bond acceptors (Lipinski definition) is 4. The predicted octanol–water partition coefficient (Wildman–Crippen LogP) is 1.54. The molecule has 1 aliphatic rings. The maximum absolute atomic E-state index is 10.8. The zero-order chi connectivity index (χ0) is 10.1. The Kier molecular flexibility index (Phi) is 2.04. The van der Waals surface area contributed by atoms with E-state index in [9.17, 15) is 4.79 Å². The van der Waals surface area contributed by atoms with Crippen LogP contribution in [0.4, 0.5) is 0 Å². The Morgan fingerprint density at radius 1 is 1.50 bits per heavy atom. The van der Waals surface area contributed by atoms with Crippen molar-refractivity contribution in [2.75, 3.05) is 13.9 Å². The lowest BCUT2D eigenvalue weighted by atomic mass is 10.1. The van der Waals surface area contributed by atoms with Crippen LogP contribution < -0.4 is 14.2 Å². The number of carbonyl (C=O) groups is 1. The summed E-state index contributed by atoms with van der Waals surface area (Å²) in [7, 11) is 1.53. The molecule has 0 atom stereocenters. The number of methoxy groups -OCH3 is 1. The normalized spacial score (nSPS) is 12.7. The average Bonchev–Trinajstić information content (AvgIpc) is 2.65. The Balaban J connectivity index is 2.65. The number of ether oxygens (including phenoxy) is 3. The molecule has 1 aliphatic heterocycles. The highest BCUT2D eigenvalue weighted by molar-refractivity contribution is 5.83. The van der Waals surface area contributed by atoms with Crippen LogP contribution in [0.25, 0.3) is 0 Å². The van der Waals surface area contributed by atoms with E-state index < -0.39 is 0 Å². The van der Waals surface area contributed by atoms with Crippen molar-refractivity contribution < 1.29 is 19.0 Å². The van der Waals surface area contributed by atoms with Crippen LogP contribution in [0, 0.1) is 6.92 Å². The highest BCUT2D eigenvalue weighted by atomic mass is 16.7. The highest BCUT2D eigenvalue weighted by Gasteiger charge is 2.21. The highest BCUT2D eigenvalue weighted by Crippen LogP contribution is 2.41. The molecule has 2 rings (SSSR count). The Labute approximate surface area is 81.4 Å². The number of benzene rings is 1. The van der Waals surface area contributed by atoms with Gasteiger partial charge in [-0.3, -0.25) is 4.79 Å². The number of aldehydes is 1. The molecular formula is C10H10O4. The fraction of sp³-hybridized carbons (Fsp3) is 0.300. The molecule has 14 heavy (non-hydrogen) atoms. The van der Waals surface area contributed by atoms with Gasteiger partial charge in [0.25, 0.3) is 0 Å². The Morgan fingerprint density at radius 2 is 2.29 bits per heavy atom. The maximum atomic E-state index is 10.8. The zero-order valence-electron chi connectivity index (χ0n) is 7.99. The van der Waals surface area contributed by atoms with E-state index in [1.807, 2.05) is 6.92 Å². The van der Waals surface area contributed by atoms with Gasteiger partial charge in [0.05, 0.1) is 12.7 Å². The molecule has 0 saturated carbocycles. The van der Waals surface area contributed by atoms with Crippen molar-refractivity contribution in [2.24, 2.45) is 0 Å². The van der Waals surface area contributed by atoms with Crippen LogP contribution in [0.5, 0.6) is 17.2 Å². The summed E-state index contributed by atoms with van der Waals surface area (Å²) < 4.78 is 15.6. The molecule has 0 aromatic heterocycles. The van der Waals surface area contributed by atoms with Gasteiger partial charge in [0.15, 0.2) is 17.8 Å². The van der Waals surface area contributed by atoms with Gasteiger partial charge in [-0.25, -0.2) is 0 Å². The minimum Gasteiger partial charge on any atom is -0.496 e. The topological polar surface area (TPSA) is 44.8 Å². The van der Waals surface area contributed by atoms with Crippen molar-refractivity contribution >= 4 is 6.29 Å². The van der Waals surface area contributed by atoms with E-state index >= 15 is 0 Å². The van der Waals surface area contributed by atoms with E-state index in [1.165, 1.54) is 7.11 Å². The minimum absolute atomic E-state index is 0.196. The van der Waals surface area contributed by atoms with Crippen LogP contribution in [-0.2, 0) is 0 Å². The van der Waals surface area contributed by atoms with Crippen LogP contribution in [0.15, 0.2) is 6.07 Å². The predicted molar refractivity (Wildman–Crippen MR) is 49.2 cm³/mol. The van der Waals surface area contributed by atoms with E-state index in [-0.39, 0.29) is 6.79 Å². The van der Waals surface area contributed by atoms with Gasteiger partial charge in [-0.15, -0.1) is 0 Å². The molecule has 4 nitrogen and oxygen atoms in total. The van der Waals surface area contributed by atoms with E-state index in [4.69, 9.17) is 14.2 Å². The van der Waals surface area contributed by atoms with E-state index in [0.29, 0.717) is 22.8 Å². The van der Waals surface area contributed by atoms with Crippen molar-refractivity contribution in [2.45, 2.75) is 6.92 Å². The molecule has 0 amide bonds. The van der Waals surface area contributed by atoms with Crippen molar-refractivity contribution in [3.63, 3.8) is 0 Å². The van der Waals surface area contributed by atoms with Crippen LogP contribution in [0.2, 0.25) is 0 Å². The van der Waals surface area contributed by atoms with Gasteiger partial charge < -0.3 is 14.2 Å². The van der Waals surface area contributed by atoms with Crippen LogP contribution in [0.3, 0.4) is 0 Å². The average molecular weight is 194 g/mol. The fourth-order valence-electron chi connectivity index (χ4n) is 1.57. The third-order valence-corrected chi connectivity index (χ3v) is 2.20. The summed E-state index contributed by atoms with van der Waals surface area (Å²) in [4.78, 5) is 10.8. The summed E-state index contributed by atoms with van der Waals surface area (Å²) in [5, 5.41) is 0. The lowest BCUT2D eigenvalue weighted by Crippen LogP contribution is -1.95. The summed E-state index contributed by atoms with van der Waals surface area (Å²) in [6.45, 7) is 2.03. The SMILES string of the molecule is COc1c(C=O)cc2c(c1C)OCO2. The smallest absolute Gasteiger partial charge is 0.231 e. The molecular weight excluding hydrogens is 184 g/mol. The number of rotatable bonds is 2. The first-order valence-corrected chi connectivity index (χ1v) is 4.20. The standard InChI is InChI=1S/C10H10O4/c1-6-9(12-2)7(4-11)3-8-10(6)14-5-13-8/h3-4H,5H2,1-2H3. The lowest BCUT2D eigenvalue weighted by molar-refractivity contribution is 0.112. The lowest BCUT2D eigenvalue weighted by Gasteiger charge is -2.09. The van der Waals surface area contributed by atoms with E-state index in [0.717, 1.165) is 11.8 Å². The summed E-state index contributed by atoms with van der Waals surface area (Å²) in [6, 6.07) is 1.63.